The molecule has 8 heteroatoms. The number of hydrogen-bond donors (Lipinski definition) is 0. The van der Waals surface area contributed by atoms with E-state index in [9.17, 15) is 20.2 Å². The van der Waals surface area contributed by atoms with Crippen molar-refractivity contribution >= 4 is 22.3 Å². The zero-order chi connectivity index (χ0) is 15.0. The molecule has 0 amide bonds. The van der Waals surface area contributed by atoms with Crippen molar-refractivity contribution in [3.63, 3.8) is 0 Å². The van der Waals surface area contributed by atoms with Gasteiger partial charge in [0.05, 0.1) is 21.6 Å². The van der Waals surface area contributed by atoms with E-state index in [1.165, 1.54) is 29.1 Å². The van der Waals surface area contributed by atoms with E-state index in [1.807, 2.05) is 0 Å². The predicted molar refractivity (Wildman–Crippen MR) is 74.4 cm³/mol. The van der Waals surface area contributed by atoms with E-state index in [2.05, 4.69) is 5.10 Å². The Kier molecular flexibility index (Phi) is 2.83. The van der Waals surface area contributed by atoms with Gasteiger partial charge in [0, 0.05) is 23.6 Å². The van der Waals surface area contributed by atoms with Gasteiger partial charge in [-0.3, -0.25) is 20.2 Å². The van der Waals surface area contributed by atoms with Crippen LogP contribution in [-0.4, -0.2) is 19.6 Å². The fourth-order valence-corrected chi connectivity index (χ4v) is 2.11. The van der Waals surface area contributed by atoms with Crippen molar-refractivity contribution in [1.29, 1.82) is 0 Å². The summed E-state index contributed by atoms with van der Waals surface area (Å²) >= 11 is 0. The number of nitrogens with zero attached hydrogens (tertiary/aromatic N) is 4. The standard InChI is InChI=1S/C13H8N4O4/c18-16(19)10-6-5-9-8-14-15(13(9)7-10)11-3-1-2-4-12(11)17(20)21/h1-8H. The van der Waals surface area contributed by atoms with Crippen molar-refractivity contribution < 1.29 is 9.85 Å². The fraction of sp³-hybridized carbons (Fsp3) is 0. The van der Waals surface area contributed by atoms with Gasteiger partial charge in [-0.25, -0.2) is 4.68 Å². The highest BCUT2D eigenvalue weighted by atomic mass is 16.6. The lowest BCUT2D eigenvalue weighted by Crippen LogP contribution is -2.01. The summed E-state index contributed by atoms with van der Waals surface area (Å²) in [5.41, 5.74) is 0.494. The lowest BCUT2D eigenvalue weighted by atomic mass is 10.2. The van der Waals surface area contributed by atoms with Gasteiger partial charge in [-0.05, 0) is 12.1 Å². The molecule has 0 N–H and O–H groups in total. The number of aromatic nitrogens is 2. The SMILES string of the molecule is O=[N+]([O-])c1ccc2cnn(-c3ccccc3[N+](=O)[O-])c2c1. The van der Waals surface area contributed by atoms with Crippen molar-refractivity contribution in [3.8, 4) is 5.69 Å². The van der Waals surface area contributed by atoms with Gasteiger partial charge in [0.25, 0.3) is 11.4 Å². The minimum atomic E-state index is -0.518. The smallest absolute Gasteiger partial charge is 0.258 e. The van der Waals surface area contributed by atoms with Gasteiger partial charge >= 0.3 is 0 Å². The van der Waals surface area contributed by atoms with Crippen molar-refractivity contribution in [1.82, 2.24) is 9.78 Å². The van der Waals surface area contributed by atoms with Crippen LogP contribution in [0.25, 0.3) is 16.6 Å². The molecule has 3 rings (SSSR count). The summed E-state index contributed by atoms with van der Waals surface area (Å²) in [6, 6.07) is 10.4. The van der Waals surface area contributed by atoms with Crippen LogP contribution in [0.3, 0.4) is 0 Å². The number of rotatable bonds is 3. The molecule has 0 saturated heterocycles. The van der Waals surface area contributed by atoms with Crippen LogP contribution in [0, 0.1) is 20.2 Å². The Bertz CT molecular complexity index is 871. The summed E-state index contributed by atoms with van der Waals surface area (Å²) in [7, 11) is 0. The molecule has 0 aliphatic rings. The zero-order valence-corrected chi connectivity index (χ0v) is 10.5. The highest BCUT2D eigenvalue weighted by molar-refractivity contribution is 5.83. The van der Waals surface area contributed by atoms with Crippen LogP contribution in [0.15, 0.2) is 48.7 Å². The third-order valence-electron chi connectivity index (χ3n) is 3.07. The Hall–Kier alpha value is -3.29. The maximum atomic E-state index is 11.1. The first-order valence-corrected chi connectivity index (χ1v) is 5.94. The molecular formula is C13H8N4O4. The lowest BCUT2D eigenvalue weighted by molar-refractivity contribution is -0.385. The first-order chi connectivity index (χ1) is 10.1. The highest BCUT2D eigenvalue weighted by Gasteiger charge is 2.18. The number of benzene rings is 2. The maximum absolute atomic E-state index is 11.1. The predicted octanol–water partition coefficient (Wildman–Crippen LogP) is 2.84. The molecule has 0 saturated carbocycles. The molecule has 1 aromatic heterocycles. The van der Waals surface area contributed by atoms with Crippen LogP contribution >= 0.6 is 0 Å². The Labute approximate surface area is 117 Å². The van der Waals surface area contributed by atoms with E-state index < -0.39 is 9.85 Å². The van der Waals surface area contributed by atoms with Crippen molar-refractivity contribution in [2.24, 2.45) is 0 Å². The minimum Gasteiger partial charge on any atom is -0.258 e. The molecule has 2 aromatic carbocycles. The van der Waals surface area contributed by atoms with E-state index in [4.69, 9.17) is 0 Å². The van der Waals surface area contributed by atoms with Crippen molar-refractivity contribution in [2.45, 2.75) is 0 Å². The number of hydrogen-bond acceptors (Lipinski definition) is 5. The van der Waals surface area contributed by atoms with Gasteiger partial charge in [0.2, 0.25) is 0 Å². The summed E-state index contributed by atoms with van der Waals surface area (Å²) in [6.45, 7) is 0. The van der Waals surface area contributed by atoms with Gasteiger partial charge in [-0.15, -0.1) is 0 Å². The molecule has 21 heavy (non-hydrogen) atoms. The monoisotopic (exact) mass is 284 g/mol. The van der Waals surface area contributed by atoms with Crippen LogP contribution in [0.1, 0.15) is 0 Å². The molecule has 0 bridgehead atoms. The van der Waals surface area contributed by atoms with Crippen LogP contribution in [0.2, 0.25) is 0 Å². The Morgan fingerprint density at radius 3 is 2.48 bits per heavy atom. The molecule has 104 valence electrons. The molecule has 0 fully saturated rings. The van der Waals surface area contributed by atoms with Gasteiger partial charge in [-0.2, -0.15) is 5.10 Å². The summed E-state index contributed by atoms with van der Waals surface area (Å²) in [5.74, 6) is 0. The topological polar surface area (TPSA) is 104 Å². The lowest BCUT2D eigenvalue weighted by Gasteiger charge is -2.04. The largest absolute Gasteiger partial charge is 0.294 e. The van der Waals surface area contributed by atoms with Gasteiger partial charge in [0.15, 0.2) is 0 Å². The molecule has 8 nitrogen and oxygen atoms in total. The second-order valence-corrected chi connectivity index (χ2v) is 4.30. The molecule has 0 radical (unpaired) electrons. The Morgan fingerprint density at radius 2 is 1.76 bits per heavy atom. The third kappa shape index (κ3) is 2.08. The molecular weight excluding hydrogens is 276 g/mol. The molecule has 0 atom stereocenters. The zero-order valence-electron chi connectivity index (χ0n) is 10.5. The molecule has 1 heterocycles. The van der Waals surface area contributed by atoms with Crippen LogP contribution in [0.5, 0.6) is 0 Å². The Morgan fingerprint density at radius 1 is 1.00 bits per heavy atom. The molecule has 3 aromatic rings. The Balaban J connectivity index is 2.28. The summed E-state index contributed by atoms with van der Waals surface area (Å²) in [4.78, 5) is 20.9. The van der Waals surface area contributed by atoms with Gasteiger partial charge in [-0.1, -0.05) is 12.1 Å². The van der Waals surface area contributed by atoms with Crippen molar-refractivity contribution in [2.75, 3.05) is 0 Å². The van der Waals surface area contributed by atoms with E-state index in [1.54, 1.807) is 24.3 Å². The number of fused-ring (bicyclic) bond motifs is 1. The summed E-state index contributed by atoms with van der Waals surface area (Å²) < 4.78 is 1.33. The number of nitro groups is 2. The van der Waals surface area contributed by atoms with Crippen molar-refractivity contribution in [3.05, 3.63) is 68.9 Å². The maximum Gasteiger partial charge on any atom is 0.294 e. The number of non-ortho nitro benzene ring substituents is 1. The number of nitro benzene ring substituents is 2. The minimum absolute atomic E-state index is 0.0946. The normalized spacial score (nSPS) is 10.7. The molecule has 0 aliphatic heterocycles. The quantitative estimate of drug-likeness (QED) is 0.543. The van der Waals surface area contributed by atoms with Crippen LogP contribution in [-0.2, 0) is 0 Å². The second-order valence-electron chi connectivity index (χ2n) is 4.30. The van der Waals surface area contributed by atoms with E-state index >= 15 is 0 Å². The molecule has 0 unspecified atom stereocenters. The van der Waals surface area contributed by atoms with Gasteiger partial charge in [0.1, 0.15) is 5.69 Å². The first-order valence-electron chi connectivity index (χ1n) is 5.94. The highest BCUT2D eigenvalue weighted by Crippen LogP contribution is 2.27. The molecule has 0 spiro atoms. The fourth-order valence-electron chi connectivity index (χ4n) is 2.11. The van der Waals surface area contributed by atoms with Crippen LogP contribution in [0.4, 0.5) is 11.4 Å². The summed E-state index contributed by atoms with van der Waals surface area (Å²) in [5, 5.41) is 26.7. The average molecular weight is 284 g/mol. The second kappa shape index (κ2) is 4.67. The number of para-hydroxylation sites is 2. The third-order valence-corrected chi connectivity index (χ3v) is 3.07. The molecule has 0 aliphatic carbocycles. The van der Waals surface area contributed by atoms with E-state index in [0.29, 0.717) is 10.9 Å². The first kappa shape index (κ1) is 12.7. The van der Waals surface area contributed by atoms with Gasteiger partial charge < -0.3 is 0 Å². The average Bonchev–Trinajstić information content (AvgIpc) is 2.89. The van der Waals surface area contributed by atoms with E-state index in [-0.39, 0.29) is 17.1 Å². The van der Waals surface area contributed by atoms with Crippen LogP contribution < -0.4 is 0 Å². The van der Waals surface area contributed by atoms with E-state index in [0.717, 1.165) is 0 Å². The summed E-state index contributed by atoms with van der Waals surface area (Å²) in [6.07, 6.45) is 1.51.